The molecule has 1 unspecified atom stereocenters. The number of hydrogen-bond acceptors (Lipinski definition) is 4. The summed E-state index contributed by atoms with van der Waals surface area (Å²) in [6.45, 7) is 2.68. The molecule has 2 amide bonds. The molecular weight excluding hydrogens is 184 g/mol. The lowest BCUT2D eigenvalue weighted by atomic mass is 9.94. The van der Waals surface area contributed by atoms with Crippen LogP contribution in [0.25, 0.3) is 0 Å². The number of likely N-dealkylation sites (N-methyl/N-ethyl adjacent to an activating group) is 1. The smallest absolute Gasteiger partial charge is 0.246 e. The van der Waals surface area contributed by atoms with E-state index < -0.39 is 5.60 Å². The molecule has 2 heterocycles. The summed E-state index contributed by atoms with van der Waals surface area (Å²) >= 11 is 0. The number of aliphatic hydroxyl groups is 1. The zero-order valence-corrected chi connectivity index (χ0v) is 8.36. The van der Waals surface area contributed by atoms with E-state index in [-0.39, 0.29) is 24.3 Å². The summed E-state index contributed by atoms with van der Waals surface area (Å²) in [6, 6.07) is -0.340. The van der Waals surface area contributed by atoms with Gasteiger partial charge in [0.15, 0.2) is 0 Å². The molecule has 0 aliphatic carbocycles. The monoisotopic (exact) mass is 198 g/mol. The number of hydrogen-bond donors (Lipinski definition) is 1. The predicted molar refractivity (Wildman–Crippen MR) is 48.4 cm³/mol. The number of amides is 2. The molecule has 5 heteroatoms. The summed E-state index contributed by atoms with van der Waals surface area (Å²) in [6.07, 6.45) is 0.255. The zero-order valence-electron chi connectivity index (χ0n) is 8.36. The second-order valence-corrected chi connectivity index (χ2v) is 4.41. The number of likely N-dealkylation sites (tertiary alicyclic amines) is 2. The highest BCUT2D eigenvalue weighted by molar-refractivity contribution is 6.05. The van der Waals surface area contributed by atoms with Gasteiger partial charge in [0, 0.05) is 20.1 Å². The van der Waals surface area contributed by atoms with E-state index in [4.69, 9.17) is 0 Å². The van der Waals surface area contributed by atoms with Crippen LogP contribution in [0.15, 0.2) is 0 Å². The van der Waals surface area contributed by atoms with Gasteiger partial charge in [0.2, 0.25) is 11.8 Å². The first-order valence-electron chi connectivity index (χ1n) is 4.67. The van der Waals surface area contributed by atoms with Crippen molar-refractivity contribution in [3.8, 4) is 0 Å². The van der Waals surface area contributed by atoms with Crippen LogP contribution in [0.4, 0.5) is 0 Å². The van der Waals surface area contributed by atoms with Crippen LogP contribution in [-0.2, 0) is 9.59 Å². The van der Waals surface area contributed by atoms with Crippen molar-refractivity contribution in [2.45, 2.75) is 25.0 Å². The van der Waals surface area contributed by atoms with Crippen molar-refractivity contribution in [2.75, 3.05) is 20.1 Å². The topological polar surface area (TPSA) is 60.9 Å². The summed E-state index contributed by atoms with van der Waals surface area (Å²) < 4.78 is 0. The maximum Gasteiger partial charge on any atom is 0.246 e. The number of carbonyl (C=O) groups excluding carboxylic acids is 2. The Kier molecular flexibility index (Phi) is 1.90. The van der Waals surface area contributed by atoms with Gasteiger partial charge < -0.3 is 5.11 Å². The van der Waals surface area contributed by atoms with Gasteiger partial charge >= 0.3 is 0 Å². The Morgan fingerprint density at radius 2 is 2.00 bits per heavy atom. The SMILES string of the molecule is CN1C(=O)CC(N2CC(C)(O)C2)C1=O. The van der Waals surface area contributed by atoms with Crippen LogP contribution in [0.5, 0.6) is 0 Å². The standard InChI is InChI=1S/C9H14N2O3/c1-9(14)4-11(5-9)6-3-7(12)10(2)8(6)13/h6,14H,3-5H2,1-2H3. The molecule has 2 fully saturated rings. The van der Waals surface area contributed by atoms with Crippen molar-refractivity contribution in [3.05, 3.63) is 0 Å². The molecule has 2 aliphatic rings. The number of carbonyl (C=O) groups is 2. The molecule has 5 nitrogen and oxygen atoms in total. The molecule has 1 N–H and O–H groups in total. The lowest BCUT2D eigenvalue weighted by Gasteiger charge is -2.46. The molecule has 2 rings (SSSR count). The third-order valence-corrected chi connectivity index (χ3v) is 2.89. The van der Waals surface area contributed by atoms with E-state index in [1.165, 1.54) is 7.05 Å². The quantitative estimate of drug-likeness (QED) is 0.538. The Balaban J connectivity index is 2.02. The van der Waals surface area contributed by atoms with E-state index in [0.717, 1.165) is 4.90 Å². The van der Waals surface area contributed by atoms with Crippen molar-refractivity contribution in [3.63, 3.8) is 0 Å². The summed E-state index contributed by atoms with van der Waals surface area (Å²) in [5.74, 6) is -0.281. The maximum atomic E-state index is 11.5. The maximum absolute atomic E-state index is 11.5. The lowest BCUT2D eigenvalue weighted by molar-refractivity contribution is -0.143. The first kappa shape index (κ1) is 9.61. The van der Waals surface area contributed by atoms with Gasteiger partial charge in [-0.25, -0.2) is 0 Å². The second-order valence-electron chi connectivity index (χ2n) is 4.41. The molecule has 0 radical (unpaired) electrons. The molecule has 0 bridgehead atoms. The summed E-state index contributed by atoms with van der Waals surface area (Å²) in [7, 11) is 1.50. The summed E-state index contributed by atoms with van der Waals surface area (Å²) in [5, 5.41) is 9.51. The number of rotatable bonds is 1. The fourth-order valence-corrected chi connectivity index (χ4v) is 2.07. The molecule has 14 heavy (non-hydrogen) atoms. The van der Waals surface area contributed by atoms with E-state index >= 15 is 0 Å². The fraction of sp³-hybridized carbons (Fsp3) is 0.778. The third-order valence-electron chi connectivity index (χ3n) is 2.89. The molecule has 0 aromatic heterocycles. The van der Waals surface area contributed by atoms with Crippen LogP contribution in [0, 0.1) is 0 Å². The van der Waals surface area contributed by atoms with Gasteiger partial charge in [-0.2, -0.15) is 0 Å². The average Bonchev–Trinajstić information content (AvgIpc) is 2.28. The molecule has 2 aliphatic heterocycles. The van der Waals surface area contributed by atoms with Crippen LogP contribution in [0.3, 0.4) is 0 Å². The van der Waals surface area contributed by atoms with Crippen molar-refractivity contribution in [1.82, 2.24) is 9.80 Å². The van der Waals surface area contributed by atoms with Gasteiger partial charge in [-0.3, -0.25) is 19.4 Å². The highest BCUT2D eigenvalue weighted by Gasteiger charge is 2.47. The Bertz CT molecular complexity index is 292. The highest BCUT2D eigenvalue weighted by atomic mass is 16.3. The number of imide groups is 1. The van der Waals surface area contributed by atoms with Gasteiger partial charge in [0.25, 0.3) is 0 Å². The number of nitrogens with zero attached hydrogens (tertiary/aromatic N) is 2. The van der Waals surface area contributed by atoms with Crippen LogP contribution in [0.1, 0.15) is 13.3 Å². The van der Waals surface area contributed by atoms with E-state index in [9.17, 15) is 14.7 Å². The molecule has 1 atom stereocenters. The lowest BCUT2D eigenvalue weighted by Crippen LogP contribution is -2.64. The Morgan fingerprint density at radius 3 is 2.36 bits per heavy atom. The van der Waals surface area contributed by atoms with Crippen molar-refractivity contribution in [2.24, 2.45) is 0 Å². The van der Waals surface area contributed by atoms with E-state index in [1.807, 2.05) is 4.90 Å². The Morgan fingerprint density at radius 1 is 1.43 bits per heavy atom. The molecule has 0 spiro atoms. The van der Waals surface area contributed by atoms with Gasteiger partial charge in [0.1, 0.15) is 0 Å². The van der Waals surface area contributed by atoms with Crippen molar-refractivity contribution >= 4 is 11.8 Å². The van der Waals surface area contributed by atoms with Crippen molar-refractivity contribution in [1.29, 1.82) is 0 Å². The normalized spacial score (nSPS) is 32.2. The van der Waals surface area contributed by atoms with Gasteiger partial charge in [-0.15, -0.1) is 0 Å². The minimum Gasteiger partial charge on any atom is -0.388 e. The van der Waals surface area contributed by atoms with Crippen molar-refractivity contribution < 1.29 is 14.7 Å². The zero-order chi connectivity index (χ0) is 10.5. The Hall–Kier alpha value is -0.940. The third kappa shape index (κ3) is 1.33. The van der Waals surface area contributed by atoms with Crippen LogP contribution < -0.4 is 0 Å². The van der Waals surface area contributed by atoms with Gasteiger partial charge in [0.05, 0.1) is 18.1 Å². The molecule has 78 valence electrons. The molecule has 2 saturated heterocycles. The van der Waals surface area contributed by atoms with Crippen LogP contribution >= 0.6 is 0 Å². The van der Waals surface area contributed by atoms with E-state index in [0.29, 0.717) is 13.1 Å². The number of β-amino-alcohol motifs (C(OH)–C–C–N with tert-alkyl or cyclic N) is 1. The van der Waals surface area contributed by atoms with E-state index in [1.54, 1.807) is 6.92 Å². The molecular formula is C9H14N2O3. The average molecular weight is 198 g/mol. The molecule has 0 aromatic rings. The minimum atomic E-state index is -0.690. The van der Waals surface area contributed by atoms with Crippen LogP contribution in [0.2, 0.25) is 0 Å². The molecule has 0 saturated carbocycles. The minimum absolute atomic E-state index is 0.133. The highest BCUT2D eigenvalue weighted by Crippen LogP contribution is 2.27. The molecule has 0 aromatic carbocycles. The second kappa shape index (κ2) is 2.77. The summed E-state index contributed by atoms with van der Waals surface area (Å²) in [5.41, 5.74) is -0.690. The first-order valence-corrected chi connectivity index (χ1v) is 4.67. The summed E-state index contributed by atoms with van der Waals surface area (Å²) in [4.78, 5) is 25.8. The Labute approximate surface area is 82.3 Å². The van der Waals surface area contributed by atoms with Crippen LogP contribution in [-0.4, -0.2) is 58.5 Å². The largest absolute Gasteiger partial charge is 0.388 e. The first-order chi connectivity index (χ1) is 6.41. The van der Waals surface area contributed by atoms with Gasteiger partial charge in [-0.05, 0) is 6.92 Å². The predicted octanol–water partition coefficient (Wildman–Crippen LogP) is -1.19. The van der Waals surface area contributed by atoms with E-state index in [2.05, 4.69) is 0 Å². The van der Waals surface area contributed by atoms with Gasteiger partial charge in [-0.1, -0.05) is 0 Å². The fourth-order valence-electron chi connectivity index (χ4n) is 2.07.